The molecule has 1 N–H and O–H groups in total. The monoisotopic (exact) mass is 457 g/mol. The van der Waals surface area contributed by atoms with Crippen LogP contribution in [0.3, 0.4) is 0 Å². The van der Waals surface area contributed by atoms with Gasteiger partial charge in [0.2, 0.25) is 15.9 Å². The molecule has 0 spiro atoms. The Kier molecular flexibility index (Phi) is 6.42. The molecule has 1 aliphatic rings. The van der Waals surface area contributed by atoms with Crippen LogP contribution in [-0.2, 0) is 14.8 Å². The second-order valence-electron chi connectivity index (χ2n) is 6.57. The lowest BCUT2D eigenvalue weighted by Gasteiger charge is -2.31. The second kappa shape index (κ2) is 8.66. The number of halogens is 2. The van der Waals surface area contributed by atoms with E-state index < -0.39 is 26.8 Å². The highest BCUT2D eigenvalue weighted by Crippen LogP contribution is 2.29. The summed E-state index contributed by atoms with van der Waals surface area (Å²) >= 11 is 11.6. The van der Waals surface area contributed by atoms with Crippen LogP contribution in [0.5, 0.6) is 0 Å². The number of benzene rings is 2. The molecule has 1 unspecified atom stereocenters. The molecule has 1 atom stereocenters. The maximum atomic E-state index is 12.8. The molecule has 1 aliphatic heterocycles. The summed E-state index contributed by atoms with van der Waals surface area (Å²) in [6.07, 6.45) is 1.03. The summed E-state index contributed by atoms with van der Waals surface area (Å²) in [5, 5.41) is 14.0. The first-order valence-corrected chi connectivity index (χ1v) is 10.9. The van der Waals surface area contributed by atoms with Gasteiger partial charge in [0.15, 0.2) is 0 Å². The predicted octanol–water partition coefficient (Wildman–Crippen LogP) is 3.94. The summed E-state index contributed by atoms with van der Waals surface area (Å²) in [4.78, 5) is 23.1. The number of rotatable bonds is 5. The van der Waals surface area contributed by atoms with Gasteiger partial charge in [0.25, 0.3) is 5.69 Å². The zero-order valence-corrected chi connectivity index (χ0v) is 17.4. The molecule has 1 fully saturated rings. The molecule has 2 aromatic carbocycles. The van der Waals surface area contributed by atoms with Crippen LogP contribution < -0.4 is 5.32 Å². The molecule has 0 saturated carbocycles. The van der Waals surface area contributed by atoms with Gasteiger partial charge in [-0.3, -0.25) is 14.9 Å². The lowest BCUT2D eigenvalue weighted by molar-refractivity contribution is -0.384. The Hall–Kier alpha value is -2.20. The van der Waals surface area contributed by atoms with Crippen molar-refractivity contribution in [2.45, 2.75) is 17.7 Å². The number of nitro groups is 1. The molecule has 1 amide bonds. The minimum absolute atomic E-state index is 0.0203. The van der Waals surface area contributed by atoms with Gasteiger partial charge < -0.3 is 5.32 Å². The molecule has 1 heterocycles. The molecule has 29 heavy (non-hydrogen) atoms. The Morgan fingerprint density at radius 1 is 1.17 bits per heavy atom. The van der Waals surface area contributed by atoms with E-state index in [1.807, 2.05) is 0 Å². The van der Waals surface area contributed by atoms with E-state index in [9.17, 15) is 23.3 Å². The third-order valence-corrected chi connectivity index (χ3v) is 7.07. The molecule has 154 valence electrons. The summed E-state index contributed by atoms with van der Waals surface area (Å²) in [7, 11) is -3.75. The molecule has 0 aromatic heterocycles. The Labute approximate surface area is 177 Å². The van der Waals surface area contributed by atoms with Crippen LogP contribution in [0, 0.1) is 16.0 Å². The van der Waals surface area contributed by atoms with Gasteiger partial charge in [-0.1, -0.05) is 23.2 Å². The topological polar surface area (TPSA) is 110 Å². The van der Waals surface area contributed by atoms with E-state index >= 15 is 0 Å². The maximum absolute atomic E-state index is 12.8. The number of nitro benzene ring substituents is 1. The zero-order chi connectivity index (χ0) is 21.2. The molecule has 2 aromatic rings. The van der Waals surface area contributed by atoms with E-state index in [0.29, 0.717) is 24.4 Å². The van der Waals surface area contributed by atoms with Gasteiger partial charge in [-0.15, -0.1) is 0 Å². The van der Waals surface area contributed by atoms with Crippen molar-refractivity contribution in [3.63, 3.8) is 0 Å². The number of hydrogen-bond donors (Lipinski definition) is 1. The number of nitrogens with zero attached hydrogens (tertiary/aromatic N) is 2. The number of carbonyl (C=O) groups excluding carboxylic acids is 1. The first-order chi connectivity index (χ1) is 13.7. The number of nitrogens with one attached hydrogen (secondary N) is 1. The summed E-state index contributed by atoms with van der Waals surface area (Å²) in [6, 6.07) is 9.80. The largest absolute Gasteiger partial charge is 0.326 e. The number of anilines is 1. The van der Waals surface area contributed by atoms with E-state index in [1.54, 1.807) is 0 Å². The first kappa shape index (κ1) is 21.5. The summed E-state index contributed by atoms with van der Waals surface area (Å²) in [5.74, 6) is -0.988. The van der Waals surface area contributed by atoms with Crippen molar-refractivity contribution in [3.05, 3.63) is 62.6 Å². The van der Waals surface area contributed by atoms with E-state index in [0.717, 1.165) is 0 Å². The highest BCUT2D eigenvalue weighted by atomic mass is 35.5. The molecule has 11 heteroatoms. The quantitative estimate of drug-likeness (QED) is 0.539. The standard InChI is InChI=1S/C18H17Cl2N3O5S/c19-13-3-6-15(7-4-13)29(27,28)22-9-1-2-12(11-22)18(24)21-14-5-8-16(20)17(10-14)23(25)26/h3-8,10,12H,1-2,9,11H2,(H,21,24). The number of amides is 1. The van der Waals surface area contributed by atoms with Crippen molar-refractivity contribution in [3.8, 4) is 0 Å². The number of piperidine rings is 1. The average Bonchev–Trinajstić information content (AvgIpc) is 2.69. The lowest BCUT2D eigenvalue weighted by Crippen LogP contribution is -2.43. The maximum Gasteiger partial charge on any atom is 0.289 e. The zero-order valence-electron chi connectivity index (χ0n) is 15.0. The van der Waals surface area contributed by atoms with E-state index in [4.69, 9.17) is 23.2 Å². The van der Waals surface area contributed by atoms with Crippen molar-refractivity contribution in [2.75, 3.05) is 18.4 Å². The van der Waals surface area contributed by atoms with Crippen molar-refractivity contribution in [1.82, 2.24) is 4.31 Å². The van der Waals surface area contributed by atoms with Crippen molar-refractivity contribution >= 4 is 50.5 Å². The fraction of sp³-hybridized carbons (Fsp3) is 0.278. The predicted molar refractivity (Wildman–Crippen MR) is 110 cm³/mol. The van der Waals surface area contributed by atoms with Crippen LogP contribution in [0.2, 0.25) is 10.0 Å². The van der Waals surface area contributed by atoms with Crippen LogP contribution in [0.4, 0.5) is 11.4 Å². The molecule has 3 rings (SSSR count). The Balaban J connectivity index is 1.73. The van der Waals surface area contributed by atoms with Crippen molar-refractivity contribution in [2.24, 2.45) is 5.92 Å². The van der Waals surface area contributed by atoms with Crippen LogP contribution in [0.1, 0.15) is 12.8 Å². The fourth-order valence-corrected chi connectivity index (χ4v) is 4.94. The minimum Gasteiger partial charge on any atom is -0.326 e. The van der Waals surface area contributed by atoms with Gasteiger partial charge in [-0.2, -0.15) is 4.31 Å². The third kappa shape index (κ3) is 4.87. The summed E-state index contributed by atoms with van der Waals surface area (Å²) in [6.45, 7) is 0.327. The van der Waals surface area contributed by atoms with Gasteiger partial charge in [0, 0.05) is 29.9 Å². The molecule has 1 saturated heterocycles. The SMILES string of the molecule is O=C(Nc1ccc(Cl)c([N+](=O)[O-])c1)C1CCCN(S(=O)(=O)c2ccc(Cl)cc2)C1. The van der Waals surface area contributed by atoms with Crippen LogP contribution >= 0.6 is 23.2 Å². The van der Waals surface area contributed by atoms with Crippen molar-refractivity contribution < 1.29 is 18.1 Å². The van der Waals surface area contributed by atoms with E-state index in [-0.39, 0.29) is 27.8 Å². The Morgan fingerprint density at radius 2 is 1.86 bits per heavy atom. The molecule has 0 bridgehead atoms. The van der Waals surface area contributed by atoms with Crippen LogP contribution in [0.25, 0.3) is 0 Å². The smallest absolute Gasteiger partial charge is 0.289 e. The summed E-state index contributed by atoms with van der Waals surface area (Å²) < 4.78 is 27.0. The van der Waals surface area contributed by atoms with E-state index in [1.165, 1.54) is 46.8 Å². The second-order valence-corrected chi connectivity index (χ2v) is 9.35. The van der Waals surface area contributed by atoms with Gasteiger partial charge in [0.1, 0.15) is 5.02 Å². The van der Waals surface area contributed by atoms with Gasteiger partial charge in [0.05, 0.1) is 15.7 Å². The number of hydrogen-bond acceptors (Lipinski definition) is 5. The normalized spacial score (nSPS) is 17.7. The van der Waals surface area contributed by atoms with Gasteiger partial charge in [-0.25, -0.2) is 8.42 Å². The average molecular weight is 458 g/mol. The highest BCUT2D eigenvalue weighted by Gasteiger charge is 2.33. The molecule has 0 radical (unpaired) electrons. The molecular formula is C18H17Cl2N3O5S. The molecular weight excluding hydrogens is 441 g/mol. The lowest BCUT2D eigenvalue weighted by atomic mass is 9.98. The Bertz CT molecular complexity index is 1040. The Morgan fingerprint density at radius 3 is 2.52 bits per heavy atom. The third-order valence-electron chi connectivity index (χ3n) is 4.62. The number of carbonyl (C=O) groups is 1. The van der Waals surface area contributed by atoms with Gasteiger partial charge in [-0.05, 0) is 49.2 Å². The molecule has 8 nitrogen and oxygen atoms in total. The summed E-state index contributed by atoms with van der Waals surface area (Å²) in [5.41, 5.74) is -0.0937. The fourth-order valence-electron chi connectivity index (χ4n) is 3.11. The van der Waals surface area contributed by atoms with Crippen LogP contribution in [-0.4, -0.2) is 36.6 Å². The highest BCUT2D eigenvalue weighted by molar-refractivity contribution is 7.89. The molecule has 0 aliphatic carbocycles. The van der Waals surface area contributed by atoms with E-state index in [2.05, 4.69) is 5.32 Å². The van der Waals surface area contributed by atoms with Gasteiger partial charge >= 0.3 is 0 Å². The number of sulfonamides is 1. The van der Waals surface area contributed by atoms with Crippen molar-refractivity contribution in [1.29, 1.82) is 0 Å². The first-order valence-electron chi connectivity index (χ1n) is 8.69. The minimum atomic E-state index is -3.75. The van der Waals surface area contributed by atoms with Crippen LogP contribution in [0.15, 0.2) is 47.4 Å².